The van der Waals surface area contributed by atoms with Gasteiger partial charge in [0.25, 0.3) is 0 Å². The van der Waals surface area contributed by atoms with Crippen molar-refractivity contribution >= 4 is 16.7 Å². The lowest BCUT2D eigenvalue weighted by atomic mass is 10.2. The highest BCUT2D eigenvalue weighted by Gasteiger charge is 2.18. The van der Waals surface area contributed by atoms with Crippen molar-refractivity contribution in [3.8, 4) is 23.1 Å². The Kier molecular flexibility index (Phi) is 5.34. The third-order valence-corrected chi connectivity index (χ3v) is 4.34. The molecule has 0 saturated carbocycles. The molecule has 0 amide bonds. The first-order valence-electron chi connectivity index (χ1n) is 8.99. The van der Waals surface area contributed by atoms with Crippen molar-refractivity contribution in [2.24, 2.45) is 0 Å². The van der Waals surface area contributed by atoms with E-state index in [0.29, 0.717) is 40.5 Å². The van der Waals surface area contributed by atoms with Gasteiger partial charge in [0.2, 0.25) is 5.88 Å². The second-order valence-electron chi connectivity index (χ2n) is 6.40. The second kappa shape index (κ2) is 8.24. The molecule has 7 nitrogen and oxygen atoms in total. The summed E-state index contributed by atoms with van der Waals surface area (Å²) in [6, 6.07) is 15.7. The second-order valence-corrected chi connectivity index (χ2v) is 6.40. The molecule has 2 heterocycles. The zero-order valence-electron chi connectivity index (χ0n) is 16.0. The van der Waals surface area contributed by atoms with Crippen LogP contribution in [0.4, 0.5) is 14.5 Å². The van der Waals surface area contributed by atoms with E-state index in [2.05, 4.69) is 14.8 Å². The van der Waals surface area contributed by atoms with Crippen molar-refractivity contribution < 1.29 is 23.0 Å². The van der Waals surface area contributed by atoms with E-state index >= 15 is 0 Å². The Morgan fingerprint density at radius 1 is 1.00 bits per heavy atom. The molecule has 154 valence electrons. The highest BCUT2D eigenvalue weighted by Crippen LogP contribution is 2.31. The van der Waals surface area contributed by atoms with Crippen LogP contribution < -0.4 is 19.9 Å². The Morgan fingerprint density at radius 3 is 2.37 bits per heavy atom. The molecule has 9 heteroatoms. The van der Waals surface area contributed by atoms with E-state index in [-0.39, 0.29) is 5.88 Å². The zero-order chi connectivity index (χ0) is 21.1. The van der Waals surface area contributed by atoms with E-state index in [0.717, 1.165) is 5.56 Å². The van der Waals surface area contributed by atoms with Gasteiger partial charge in [-0.25, -0.2) is 9.67 Å². The summed E-state index contributed by atoms with van der Waals surface area (Å²) < 4.78 is 42.8. The SMILES string of the molecule is COc1ccc(Cn2nc(OC(F)F)c3cc(Oc4ccc(N)cc4)cnc32)cc1. The van der Waals surface area contributed by atoms with Gasteiger partial charge in [-0.2, -0.15) is 8.78 Å². The Balaban J connectivity index is 1.67. The number of pyridine rings is 1. The summed E-state index contributed by atoms with van der Waals surface area (Å²) in [6.45, 7) is -2.70. The fourth-order valence-corrected chi connectivity index (χ4v) is 2.93. The lowest BCUT2D eigenvalue weighted by Gasteiger charge is -2.07. The van der Waals surface area contributed by atoms with Gasteiger partial charge in [-0.3, -0.25) is 0 Å². The van der Waals surface area contributed by atoms with Crippen molar-refractivity contribution in [1.29, 1.82) is 0 Å². The molecule has 0 radical (unpaired) electrons. The van der Waals surface area contributed by atoms with Crippen LogP contribution in [0.15, 0.2) is 60.8 Å². The predicted octanol–water partition coefficient (Wildman–Crippen LogP) is 4.46. The van der Waals surface area contributed by atoms with Crippen LogP contribution in [0.5, 0.6) is 23.1 Å². The van der Waals surface area contributed by atoms with Gasteiger partial charge < -0.3 is 19.9 Å². The molecule has 4 rings (SSSR count). The average Bonchev–Trinajstić information content (AvgIpc) is 3.06. The smallest absolute Gasteiger partial charge is 0.388 e. The molecular weight excluding hydrogens is 394 g/mol. The number of nitrogens with two attached hydrogens (primary N) is 1. The fourth-order valence-electron chi connectivity index (χ4n) is 2.93. The molecule has 0 fully saturated rings. The topological polar surface area (TPSA) is 84.4 Å². The molecule has 2 N–H and O–H groups in total. The third kappa shape index (κ3) is 4.24. The number of nitrogens with zero attached hydrogens (tertiary/aromatic N) is 3. The van der Waals surface area contributed by atoms with Gasteiger partial charge in [0.1, 0.15) is 17.2 Å². The highest BCUT2D eigenvalue weighted by atomic mass is 19.3. The summed E-state index contributed by atoms with van der Waals surface area (Å²) in [6.07, 6.45) is 1.50. The summed E-state index contributed by atoms with van der Waals surface area (Å²) in [5.41, 5.74) is 7.56. The number of methoxy groups -OCH3 is 1. The number of ether oxygens (including phenoxy) is 3. The Bertz CT molecular complexity index is 1150. The maximum Gasteiger partial charge on any atom is 0.388 e. The number of fused-ring (bicyclic) bond motifs is 1. The zero-order valence-corrected chi connectivity index (χ0v) is 16.0. The van der Waals surface area contributed by atoms with Crippen molar-refractivity contribution in [2.75, 3.05) is 12.8 Å². The number of alkyl halides is 2. The van der Waals surface area contributed by atoms with Crippen molar-refractivity contribution in [1.82, 2.24) is 14.8 Å². The number of aromatic nitrogens is 3. The Morgan fingerprint density at radius 2 is 1.70 bits per heavy atom. The van der Waals surface area contributed by atoms with Gasteiger partial charge in [0.15, 0.2) is 5.65 Å². The van der Waals surface area contributed by atoms with Gasteiger partial charge in [0.05, 0.1) is 25.2 Å². The molecule has 0 atom stereocenters. The minimum Gasteiger partial charge on any atom is -0.497 e. The quantitative estimate of drug-likeness (QED) is 0.451. The molecule has 4 aromatic rings. The van der Waals surface area contributed by atoms with E-state index in [9.17, 15) is 8.78 Å². The van der Waals surface area contributed by atoms with Crippen LogP contribution in [0.3, 0.4) is 0 Å². The molecule has 2 aromatic carbocycles. The largest absolute Gasteiger partial charge is 0.497 e. The summed E-state index contributed by atoms with van der Waals surface area (Å²) in [4.78, 5) is 4.35. The maximum atomic E-state index is 12.9. The minimum atomic E-state index is -3.01. The van der Waals surface area contributed by atoms with E-state index in [1.54, 1.807) is 37.4 Å². The molecule has 0 aliphatic heterocycles. The Labute approximate surface area is 170 Å². The molecule has 0 spiro atoms. The monoisotopic (exact) mass is 412 g/mol. The van der Waals surface area contributed by atoms with Crippen LogP contribution in [0.2, 0.25) is 0 Å². The first kappa shape index (κ1) is 19.4. The normalized spacial score (nSPS) is 11.1. The molecule has 2 aromatic heterocycles. The molecular formula is C21H18F2N4O3. The summed E-state index contributed by atoms with van der Waals surface area (Å²) in [7, 11) is 1.58. The standard InChI is InChI=1S/C21H18F2N4O3/c1-28-15-6-2-13(3-7-15)12-27-19-18(20(26-27)30-21(22)23)10-17(11-25-19)29-16-8-4-14(24)5-9-16/h2-11,21H,12,24H2,1H3. The van der Waals surface area contributed by atoms with Gasteiger partial charge in [-0.1, -0.05) is 12.1 Å². The molecule has 0 aliphatic rings. The van der Waals surface area contributed by atoms with Crippen LogP contribution in [0.1, 0.15) is 5.56 Å². The van der Waals surface area contributed by atoms with E-state index < -0.39 is 6.61 Å². The van der Waals surface area contributed by atoms with Crippen LogP contribution in [-0.4, -0.2) is 28.5 Å². The van der Waals surface area contributed by atoms with Gasteiger partial charge in [0, 0.05) is 5.69 Å². The number of anilines is 1. The van der Waals surface area contributed by atoms with Crippen molar-refractivity contribution in [3.05, 3.63) is 66.4 Å². The number of nitrogen functional groups attached to an aromatic ring is 1. The van der Waals surface area contributed by atoms with Gasteiger partial charge in [-0.05, 0) is 48.0 Å². The van der Waals surface area contributed by atoms with Crippen molar-refractivity contribution in [2.45, 2.75) is 13.2 Å². The van der Waals surface area contributed by atoms with Crippen molar-refractivity contribution in [3.63, 3.8) is 0 Å². The highest BCUT2D eigenvalue weighted by molar-refractivity contribution is 5.82. The average molecular weight is 412 g/mol. The van der Waals surface area contributed by atoms with Crippen LogP contribution in [0.25, 0.3) is 11.0 Å². The molecule has 0 saturated heterocycles. The first-order chi connectivity index (χ1) is 14.5. The number of rotatable bonds is 7. The van der Waals surface area contributed by atoms with Gasteiger partial charge in [-0.15, -0.1) is 5.10 Å². The third-order valence-electron chi connectivity index (χ3n) is 4.34. The lowest BCUT2D eigenvalue weighted by Crippen LogP contribution is -2.05. The molecule has 0 aliphatic carbocycles. The number of hydrogen-bond donors (Lipinski definition) is 1. The molecule has 30 heavy (non-hydrogen) atoms. The fraction of sp³-hybridized carbons (Fsp3) is 0.143. The number of hydrogen-bond acceptors (Lipinski definition) is 6. The summed E-state index contributed by atoms with van der Waals surface area (Å²) in [5.74, 6) is 1.39. The first-order valence-corrected chi connectivity index (χ1v) is 8.99. The van der Waals surface area contributed by atoms with E-state index in [4.69, 9.17) is 15.2 Å². The maximum absolute atomic E-state index is 12.9. The minimum absolute atomic E-state index is 0.219. The van der Waals surface area contributed by atoms with Crippen LogP contribution in [0, 0.1) is 0 Å². The molecule has 0 unspecified atom stereocenters. The summed E-state index contributed by atoms with van der Waals surface area (Å²) in [5, 5.41) is 4.49. The van der Waals surface area contributed by atoms with Crippen LogP contribution in [-0.2, 0) is 6.54 Å². The lowest BCUT2D eigenvalue weighted by molar-refractivity contribution is -0.0522. The Hall–Kier alpha value is -3.88. The van der Waals surface area contributed by atoms with E-state index in [1.165, 1.54) is 10.9 Å². The van der Waals surface area contributed by atoms with Gasteiger partial charge >= 0.3 is 6.61 Å². The number of halogens is 2. The predicted molar refractivity (Wildman–Crippen MR) is 107 cm³/mol. The number of benzene rings is 2. The van der Waals surface area contributed by atoms with E-state index in [1.807, 2.05) is 24.3 Å². The van der Waals surface area contributed by atoms with Crippen LogP contribution >= 0.6 is 0 Å². The molecule has 0 bridgehead atoms. The summed E-state index contributed by atoms with van der Waals surface area (Å²) >= 11 is 0.